The van der Waals surface area contributed by atoms with Crippen molar-refractivity contribution < 1.29 is 9.90 Å². The third-order valence-corrected chi connectivity index (χ3v) is 3.58. The first-order valence-electron chi connectivity index (χ1n) is 7.42. The summed E-state index contributed by atoms with van der Waals surface area (Å²) in [5.41, 5.74) is -0.00727. The standard InChI is InChI=1S/C16H21N3O3/c1-4-11(9-20)17-15(21)14-12-7-5-6-8-13(12)16(22)19(18-14)10(2)3/h5-8,10-11,20H,4,9H2,1-3H3,(H,17,21). The van der Waals surface area contributed by atoms with Gasteiger partial charge < -0.3 is 10.4 Å². The van der Waals surface area contributed by atoms with Gasteiger partial charge >= 0.3 is 0 Å². The van der Waals surface area contributed by atoms with Gasteiger partial charge in [0, 0.05) is 5.39 Å². The van der Waals surface area contributed by atoms with E-state index >= 15 is 0 Å². The largest absolute Gasteiger partial charge is 0.394 e. The van der Waals surface area contributed by atoms with Crippen LogP contribution in [-0.2, 0) is 0 Å². The molecule has 2 aromatic rings. The zero-order chi connectivity index (χ0) is 16.3. The van der Waals surface area contributed by atoms with Gasteiger partial charge in [-0.2, -0.15) is 5.10 Å². The van der Waals surface area contributed by atoms with E-state index in [9.17, 15) is 14.7 Å². The van der Waals surface area contributed by atoms with Crippen LogP contribution in [0.3, 0.4) is 0 Å². The molecule has 1 atom stereocenters. The molecule has 1 aromatic carbocycles. The number of aliphatic hydroxyl groups is 1. The summed E-state index contributed by atoms with van der Waals surface area (Å²) in [6.07, 6.45) is 0.615. The van der Waals surface area contributed by atoms with Crippen LogP contribution in [0.4, 0.5) is 0 Å². The molecule has 118 valence electrons. The molecule has 0 radical (unpaired) electrons. The second kappa shape index (κ2) is 6.70. The van der Waals surface area contributed by atoms with Gasteiger partial charge in [-0.1, -0.05) is 25.1 Å². The molecule has 1 amide bonds. The predicted octanol–water partition coefficient (Wildman–Crippen LogP) is 1.48. The van der Waals surface area contributed by atoms with E-state index in [2.05, 4.69) is 10.4 Å². The van der Waals surface area contributed by atoms with E-state index in [0.717, 1.165) is 0 Å². The number of benzene rings is 1. The summed E-state index contributed by atoms with van der Waals surface area (Å²) in [7, 11) is 0. The fourth-order valence-corrected chi connectivity index (χ4v) is 2.25. The van der Waals surface area contributed by atoms with E-state index < -0.39 is 0 Å². The van der Waals surface area contributed by atoms with E-state index in [-0.39, 0.29) is 35.9 Å². The lowest BCUT2D eigenvalue weighted by molar-refractivity contribution is 0.0909. The minimum Gasteiger partial charge on any atom is -0.394 e. The van der Waals surface area contributed by atoms with Gasteiger partial charge in [0.1, 0.15) is 0 Å². The highest BCUT2D eigenvalue weighted by atomic mass is 16.3. The molecular formula is C16H21N3O3. The summed E-state index contributed by atoms with van der Waals surface area (Å²) >= 11 is 0. The average molecular weight is 303 g/mol. The van der Waals surface area contributed by atoms with E-state index in [0.29, 0.717) is 17.2 Å². The van der Waals surface area contributed by atoms with Gasteiger partial charge in [-0.3, -0.25) is 9.59 Å². The van der Waals surface area contributed by atoms with Crippen molar-refractivity contribution in [1.82, 2.24) is 15.1 Å². The molecule has 1 heterocycles. The Kier molecular flexibility index (Phi) is 4.92. The first kappa shape index (κ1) is 16.2. The zero-order valence-corrected chi connectivity index (χ0v) is 13.0. The maximum atomic E-state index is 12.5. The molecule has 0 aliphatic carbocycles. The first-order valence-corrected chi connectivity index (χ1v) is 7.42. The number of carbonyl (C=O) groups excluding carboxylic acids is 1. The highest BCUT2D eigenvalue weighted by Gasteiger charge is 2.19. The summed E-state index contributed by atoms with van der Waals surface area (Å²) in [5, 5.41) is 17.2. The van der Waals surface area contributed by atoms with Gasteiger partial charge in [0.25, 0.3) is 11.5 Å². The molecule has 6 heteroatoms. The fourth-order valence-electron chi connectivity index (χ4n) is 2.25. The van der Waals surface area contributed by atoms with Crippen LogP contribution in [0.1, 0.15) is 43.7 Å². The van der Waals surface area contributed by atoms with Crippen LogP contribution in [0.15, 0.2) is 29.1 Å². The van der Waals surface area contributed by atoms with Crippen LogP contribution in [0.5, 0.6) is 0 Å². The van der Waals surface area contributed by atoms with Gasteiger partial charge in [-0.25, -0.2) is 4.68 Å². The lowest BCUT2D eigenvalue weighted by Gasteiger charge is -2.16. The van der Waals surface area contributed by atoms with Crippen LogP contribution in [-0.4, -0.2) is 33.4 Å². The Labute approximate surface area is 128 Å². The molecule has 1 aromatic heterocycles. The Bertz CT molecular complexity index is 733. The molecule has 22 heavy (non-hydrogen) atoms. The highest BCUT2D eigenvalue weighted by Crippen LogP contribution is 2.15. The number of amides is 1. The van der Waals surface area contributed by atoms with E-state index in [1.807, 2.05) is 20.8 Å². The number of aromatic nitrogens is 2. The number of carbonyl (C=O) groups is 1. The van der Waals surface area contributed by atoms with Crippen LogP contribution >= 0.6 is 0 Å². The average Bonchev–Trinajstić information content (AvgIpc) is 2.52. The molecule has 2 N–H and O–H groups in total. The summed E-state index contributed by atoms with van der Waals surface area (Å²) in [4.78, 5) is 24.9. The molecule has 2 rings (SSSR count). The van der Waals surface area contributed by atoms with Crippen molar-refractivity contribution in [1.29, 1.82) is 0 Å². The molecule has 6 nitrogen and oxygen atoms in total. The molecule has 0 fully saturated rings. The lowest BCUT2D eigenvalue weighted by atomic mass is 10.1. The second-order valence-electron chi connectivity index (χ2n) is 5.50. The summed E-state index contributed by atoms with van der Waals surface area (Å²) in [6, 6.07) is 6.46. The molecular weight excluding hydrogens is 282 g/mol. The fraction of sp³-hybridized carbons (Fsp3) is 0.438. The Balaban J connectivity index is 2.60. The highest BCUT2D eigenvalue weighted by molar-refractivity contribution is 6.04. The predicted molar refractivity (Wildman–Crippen MR) is 85.0 cm³/mol. The van der Waals surface area contributed by atoms with Crippen molar-refractivity contribution in [3.8, 4) is 0 Å². The van der Waals surface area contributed by atoms with Crippen molar-refractivity contribution in [2.24, 2.45) is 0 Å². The number of nitrogens with zero attached hydrogens (tertiary/aromatic N) is 2. The topological polar surface area (TPSA) is 84.2 Å². The first-order chi connectivity index (χ1) is 10.5. The van der Waals surface area contributed by atoms with Gasteiger partial charge in [0.05, 0.1) is 24.1 Å². The van der Waals surface area contributed by atoms with Crippen LogP contribution in [0.25, 0.3) is 10.8 Å². The SMILES string of the molecule is CCC(CO)NC(=O)c1nn(C(C)C)c(=O)c2ccccc12. The molecule has 0 saturated heterocycles. The minimum absolute atomic E-state index is 0.135. The monoisotopic (exact) mass is 303 g/mol. The summed E-state index contributed by atoms with van der Waals surface area (Å²) in [6.45, 7) is 5.42. The zero-order valence-electron chi connectivity index (χ0n) is 13.0. The van der Waals surface area contributed by atoms with Crippen LogP contribution in [0, 0.1) is 0 Å². The maximum absolute atomic E-state index is 12.5. The number of rotatable bonds is 5. The van der Waals surface area contributed by atoms with Gasteiger partial charge in [0.2, 0.25) is 0 Å². The van der Waals surface area contributed by atoms with Crippen molar-refractivity contribution >= 4 is 16.7 Å². The van der Waals surface area contributed by atoms with Crippen molar-refractivity contribution in [2.75, 3.05) is 6.61 Å². The number of aliphatic hydroxyl groups excluding tert-OH is 1. The Morgan fingerprint density at radius 3 is 2.50 bits per heavy atom. The summed E-state index contributed by atoms with van der Waals surface area (Å²) in [5.74, 6) is -0.383. The van der Waals surface area contributed by atoms with E-state index in [1.54, 1.807) is 24.3 Å². The molecule has 0 bridgehead atoms. The van der Waals surface area contributed by atoms with Crippen LogP contribution in [0.2, 0.25) is 0 Å². The maximum Gasteiger partial charge on any atom is 0.274 e. The third-order valence-electron chi connectivity index (χ3n) is 3.58. The third kappa shape index (κ3) is 3.01. The Morgan fingerprint density at radius 2 is 1.95 bits per heavy atom. The van der Waals surface area contributed by atoms with Gasteiger partial charge in [0.15, 0.2) is 5.69 Å². The normalized spacial score (nSPS) is 12.6. The van der Waals surface area contributed by atoms with E-state index in [1.165, 1.54) is 4.68 Å². The van der Waals surface area contributed by atoms with Crippen molar-refractivity contribution in [3.05, 3.63) is 40.3 Å². The number of hydrogen-bond donors (Lipinski definition) is 2. The van der Waals surface area contributed by atoms with Gasteiger partial charge in [-0.15, -0.1) is 0 Å². The number of fused-ring (bicyclic) bond motifs is 1. The van der Waals surface area contributed by atoms with Crippen LogP contribution < -0.4 is 10.9 Å². The Morgan fingerprint density at radius 1 is 1.32 bits per heavy atom. The molecule has 0 spiro atoms. The van der Waals surface area contributed by atoms with E-state index in [4.69, 9.17) is 0 Å². The molecule has 0 aliphatic heterocycles. The smallest absolute Gasteiger partial charge is 0.274 e. The number of hydrogen-bond acceptors (Lipinski definition) is 4. The number of nitrogens with one attached hydrogen (secondary N) is 1. The quantitative estimate of drug-likeness (QED) is 0.876. The van der Waals surface area contributed by atoms with Crippen molar-refractivity contribution in [2.45, 2.75) is 39.3 Å². The molecule has 1 unspecified atom stereocenters. The van der Waals surface area contributed by atoms with Gasteiger partial charge in [-0.05, 0) is 26.3 Å². The molecule has 0 saturated carbocycles. The minimum atomic E-state index is -0.383. The molecule has 0 aliphatic rings. The Hall–Kier alpha value is -2.21. The van der Waals surface area contributed by atoms with Crippen molar-refractivity contribution in [3.63, 3.8) is 0 Å². The lowest BCUT2D eigenvalue weighted by Crippen LogP contribution is -2.39. The summed E-state index contributed by atoms with van der Waals surface area (Å²) < 4.78 is 1.32. The second-order valence-corrected chi connectivity index (χ2v) is 5.50.